The highest BCUT2D eigenvalue weighted by Gasteiger charge is 2.26. The molecular formula is C24H27FN6O5S. The minimum atomic E-state index is -4.20. The molecule has 0 unspecified atom stereocenters. The van der Waals surface area contributed by atoms with Crippen LogP contribution in [0.25, 0.3) is 0 Å². The number of pyridine rings is 1. The Balaban J connectivity index is 1.30. The molecule has 1 aromatic carbocycles. The predicted molar refractivity (Wildman–Crippen MR) is 133 cm³/mol. The lowest BCUT2D eigenvalue weighted by Gasteiger charge is -2.17. The lowest BCUT2D eigenvalue weighted by atomic mass is 10.1. The van der Waals surface area contributed by atoms with E-state index in [4.69, 9.17) is 0 Å². The molecule has 0 saturated carbocycles. The van der Waals surface area contributed by atoms with Crippen LogP contribution in [-0.2, 0) is 40.0 Å². The minimum Gasteiger partial charge on any atom is -0.480 e. The highest BCUT2D eigenvalue weighted by atomic mass is 32.2. The number of aliphatic carboxylic acids is 1. The molecule has 0 fully saturated rings. The van der Waals surface area contributed by atoms with Crippen LogP contribution in [0.2, 0.25) is 0 Å². The van der Waals surface area contributed by atoms with Crippen LogP contribution < -0.4 is 15.4 Å². The number of aromatic nitrogens is 3. The third kappa shape index (κ3) is 7.11. The molecule has 1 amide bonds. The summed E-state index contributed by atoms with van der Waals surface area (Å²) in [6.45, 7) is 0.866. The van der Waals surface area contributed by atoms with Crippen molar-refractivity contribution < 1.29 is 27.5 Å². The van der Waals surface area contributed by atoms with E-state index in [0.29, 0.717) is 13.0 Å². The number of nitrogens with one attached hydrogen (secondary N) is 3. The smallest absolute Gasteiger partial charge is 0.323 e. The van der Waals surface area contributed by atoms with E-state index in [9.17, 15) is 27.5 Å². The number of halogens is 1. The molecular weight excluding hydrogens is 503 g/mol. The maximum atomic E-state index is 13.8. The van der Waals surface area contributed by atoms with Crippen LogP contribution in [0.15, 0.2) is 48.8 Å². The van der Waals surface area contributed by atoms with Gasteiger partial charge in [-0.05, 0) is 30.5 Å². The first-order chi connectivity index (χ1) is 17.7. The molecule has 11 nitrogen and oxygen atoms in total. The van der Waals surface area contributed by atoms with Gasteiger partial charge in [0.15, 0.2) is 0 Å². The third-order valence-electron chi connectivity index (χ3n) is 5.83. The molecule has 2 aromatic heterocycles. The van der Waals surface area contributed by atoms with E-state index in [1.165, 1.54) is 36.2 Å². The molecule has 1 atom stereocenters. The van der Waals surface area contributed by atoms with Gasteiger partial charge in [-0.15, -0.1) is 0 Å². The summed E-state index contributed by atoms with van der Waals surface area (Å²) >= 11 is 0. The van der Waals surface area contributed by atoms with Crippen molar-refractivity contribution in [3.8, 4) is 0 Å². The standard InChI is InChI=1S/C24H27FN6O5S/c25-20-6-2-1-4-17(20)15-37(35,36)30-21(24(33)34)13-27-23(32)18-12-28-31(14-18)11-9-19-8-7-16-5-3-10-26-22(16)29-19/h1-2,4,6-8,12,14,21,30H,3,5,9-11,13,15H2,(H,26,29)(H,27,32)(H,33,34)/t21-/m0/s1. The molecule has 0 bridgehead atoms. The van der Waals surface area contributed by atoms with Gasteiger partial charge in [-0.3, -0.25) is 14.3 Å². The van der Waals surface area contributed by atoms with Crippen molar-refractivity contribution in [2.75, 3.05) is 18.4 Å². The highest BCUT2D eigenvalue weighted by molar-refractivity contribution is 7.88. The Morgan fingerprint density at radius 2 is 2.03 bits per heavy atom. The largest absolute Gasteiger partial charge is 0.480 e. The molecule has 0 radical (unpaired) electrons. The quantitative estimate of drug-likeness (QED) is 0.289. The number of benzene rings is 1. The summed E-state index contributed by atoms with van der Waals surface area (Å²) in [5.74, 6) is -2.65. The van der Waals surface area contributed by atoms with Crippen LogP contribution in [0.4, 0.5) is 10.2 Å². The Hall–Kier alpha value is -3.84. The van der Waals surface area contributed by atoms with Crippen molar-refractivity contribution in [2.45, 2.75) is 37.6 Å². The monoisotopic (exact) mass is 530 g/mol. The number of rotatable bonds is 11. The van der Waals surface area contributed by atoms with Crippen molar-refractivity contribution in [3.05, 3.63) is 77.0 Å². The molecule has 4 rings (SSSR count). The van der Waals surface area contributed by atoms with Gasteiger partial charge in [-0.25, -0.2) is 17.8 Å². The lowest BCUT2D eigenvalue weighted by molar-refractivity contribution is -0.138. The Morgan fingerprint density at radius 1 is 1.22 bits per heavy atom. The summed E-state index contributed by atoms with van der Waals surface area (Å²) in [4.78, 5) is 28.7. The number of aryl methyl sites for hydroxylation is 3. The number of nitrogens with zero attached hydrogens (tertiary/aromatic N) is 3. The average Bonchev–Trinajstić information content (AvgIpc) is 3.35. The number of carbonyl (C=O) groups is 2. The number of carboxylic acid groups (broad SMARTS) is 1. The van der Waals surface area contributed by atoms with E-state index in [2.05, 4.69) is 26.8 Å². The van der Waals surface area contributed by atoms with Crippen LogP contribution in [0, 0.1) is 5.82 Å². The van der Waals surface area contributed by atoms with Gasteiger partial charge < -0.3 is 15.7 Å². The van der Waals surface area contributed by atoms with Gasteiger partial charge in [0, 0.05) is 43.5 Å². The summed E-state index contributed by atoms with van der Waals surface area (Å²) in [6, 6.07) is 7.70. The SMILES string of the molecule is O=C(NC[C@H](NS(=O)(=O)Cc1ccccc1F)C(=O)O)c1cnn(CCc2ccc3c(n2)NCCC3)c1. The van der Waals surface area contributed by atoms with Gasteiger partial charge in [0.05, 0.1) is 17.5 Å². The van der Waals surface area contributed by atoms with Gasteiger partial charge in [-0.2, -0.15) is 9.82 Å². The Labute approximate surface area is 213 Å². The molecule has 196 valence electrons. The first-order valence-corrected chi connectivity index (χ1v) is 13.3. The fourth-order valence-electron chi connectivity index (χ4n) is 3.90. The molecule has 0 spiro atoms. The number of hydrogen-bond donors (Lipinski definition) is 4. The van der Waals surface area contributed by atoms with E-state index < -0.39 is 46.1 Å². The number of anilines is 1. The number of hydrogen-bond acceptors (Lipinski definition) is 7. The van der Waals surface area contributed by atoms with Crippen molar-refractivity contribution >= 4 is 27.7 Å². The predicted octanol–water partition coefficient (Wildman–Crippen LogP) is 1.32. The zero-order chi connectivity index (χ0) is 26.4. The lowest BCUT2D eigenvalue weighted by Crippen LogP contribution is -2.48. The molecule has 1 aliphatic rings. The Kier molecular flexibility index (Phi) is 8.14. The molecule has 3 aromatic rings. The number of carbonyl (C=O) groups excluding carboxylic acids is 1. The van der Waals surface area contributed by atoms with Gasteiger partial charge in [0.25, 0.3) is 5.91 Å². The van der Waals surface area contributed by atoms with E-state index in [1.54, 1.807) is 4.68 Å². The van der Waals surface area contributed by atoms with Gasteiger partial charge >= 0.3 is 5.97 Å². The Bertz CT molecular complexity index is 1390. The summed E-state index contributed by atoms with van der Waals surface area (Å²) < 4.78 is 42.1. The summed E-state index contributed by atoms with van der Waals surface area (Å²) in [5.41, 5.74) is 2.18. The van der Waals surface area contributed by atoms with Crippen molar-refractivity contribution in [1.29, 1.82) is 0 Å². The maximum Gasteiger partial charge on any atom is 0.323 e. The topological polar surface area (TPSA) is 155 Å². The fraction of sp³-hybridized carbons (Fsp3) is 0.333. The van der Waals surface area contributed by atoms with Crippen LogP contribution in [0.5, 0.6) is 0 Å². The maximum absolute atomic E-state index is 13.8. The van der Waals surface area contributed by atoms with Crippen LogP contribution in [-0.4, -0.2) is 59.3 Å². The average molecular weight is 531 g/mol. The van der Waals surface area contributed by atoms with Crippen LogP contribution in [0.3, 0.4) is 0 Å². The van der Waals surface area contributed by atoms with Gasteiger partial charge in [0.1, 0.15) is 17.7 Å². The van der Waals surface area contributed by atoms with Crippen molar-refractivity contribution in [3.63, 3.8) is 0 Å². The summed E-state index contributed by atoms with van der Waals surface area (Å²) in [5, 5.41) is 19.3. The zero-order valence-electron chi connectivity index (χ0n) is 19.9. The summed E-state index contributed by atoms with van der Waals surface area (Å²) in [6.07, 6.45) is 5.55. The first-order valence-electron chi connectivity index (χ1n) is 11.7. The number of sulfonamides is 1. The molecule has 3 heterocycles. The minimum absolute atomic E-state index is 0.0996. The third-order valence-corrected chi connectivity index (χ3v) is 7.17. The molecule has 1 aliphatic heterocycles. The van der Waals surface area contributed by atoms with E-state index in [1.807, 2.05) is 10.8 Å². The fourth-order valence-corrected chi connectivity index (χ4v) is 5.24. The van der Waals surface area contributed by atoms with E-state index in [-0.39, 0.29) is 11.1 Å². The first kappa shape index (κ1) is 26.2. The molecule has 4 N–H and O–H groups in total. The number of carboxylic acids is 1. The van der Waals surface area contributed by atoms with Gasteiger partial charge in [-0.1, -0.05) is 24.3 Å². The van der Waals surface area contributed by atoms with Crippen molar-refractivity contribution in [1.82, 2.24) is 24.8 Å². The normalized spacial score (nSPS) is 13.9. The molecule has 0 saturated heterocycles. The second-order valence-electron chi connectivity index (χ2n) is 8.65. The van der Waals surface area contributed by atoms with Gasteiger partial charge in [0.2, 0.25) is 10.0 Å². The van der Waals surface area contributed by atoms with E-state index >= 15 is 0 Å². The molecule has 13 heteroatoms. The zero-order valence-corrected chi connectivity index (χ0v) is 20.7. The highest BCUT2D eigenvalue weighted by Crippen LogP contribution is 2.20. The van der Waals surface area contributed by atoms with Crippen LogP contribution >= 0.6 is 0 Å². The van der Waals surface area contributed by atoms with Crippen molar-refractivity contribution in [2.24, 2.45) is 0 Å². The molecule has 0 aliphatic carbocycles. The Morgan fingerprint density at radius 3 is 2.81 bits per heavy atom. The molecule has 37 heavy (non-hydrogen) atoms. The second-order valence-corrected chi connectivity index (χ2v) is 10.4. The summed E-state index contributed by atoms with van der Waals surface area (Å²) in [7, 11) is -4.20. The van der Waals surface area contributed by atoms with Crippen LogP contribution in [0.1, 0.15) is 33.6 Å². The van der Waals surface area contributed by atoms with E-state index in [0.717, 1.165) is 37.0 Å². The number of amides is 1. The second kappa shape index (κ2) is 11.5. The number of fused-ring (bicyclic) bond motifs is 1.